The molecule has 0 saturated carbocycles. The fraction of sp³-hybridized carbons (Fsp3) is 0.273. The average Bonchev–Trinajstić information content (AvgIpc) is 3.31. The van der Waals surface area contributed by atoms with Crippen LogP contribution in [0.15, 0.2) is 54.7 Å². The lowest BCUT2D eigenvalue weighted by atomic mass is 9.95. The van der Waals surface area contributed by atoms with Crippen molar-refractivity contribution in [3.05, 3.63) is 82.9 Å². The number of hydrogen-bond donors (Lipinski definition) is 0. The van der Waals surface area contributed by atoms with Gasteiger partial charge in [0.15, 0.2) is 0 Å². The van der Waals surface area contributed by atoms with Gasteiger partial charge in [0.1, 0.15) is 18.2 Å². The van der Waals surface area contributed by atoms with E-state index in [0.29, 0.717) is 32.7 Å². The largest absolute Gasteiger partial charge is 0.492 e. The second-order valence-electron chi connectivity index (χ2n) is 7.41. The lowest BCUT2D eigenvalue weighted by Gasteiger charge is -2.28. The van der Waals surface area contributed by atoms with E-state index >= 15 is 0 Å². The predicted molar refractivity (Wildman–Crippen MR) is 101 cm³/mol. The summed E-state index contributed by atoms with van der Waals surface area (Å²) in [7, 11) is 0. The normalized spacial score (nSPS) is 17.8. The summed E-state index contributed by atoms with van der Waals surface area (Å²) in [6, 6.07) is 14.3. The molecule has 1 atom stereocenters. The summed E-state index contributed by atoms with van der Waals surface area (Å²) < 4.78 is 20.8. The number of ether oxygens (including phenoxy) is 1. The summed E-state index contributed by atoms with van der Waals surface area (Å²) in [6.07, 6.45) is 2.54. The number of para-hydroxylation sites is 1. The molecule has 1 aromatic heterocycles. The van der Waals surface area contributed by atoms with Crippen molar-refractivity contribution < 1.29 is 13.9 Å². The lowest BCUT2D eigenvalue weighted by Crippen LogP contribution is -2.38. The van der Waals surface area contributed by atoms with Crippen LogP contribution in [-0.4, -0.2) is 27.2 Å². The summed E-state index contributed by atoms with van der Waals surface area (Å²) in [6.45, 7) is 2.12. The van der Waals surface area contributed by atoms with Gasteiger partial charge in [-0.25, -0.2) is 4.39 Å². The zero-order chi connectivity index (χ0) is 19.1. The van der Waals surface area contributed by atoms with Gasteiger partial charge < -0.3 is 9.64 Å². The third kappa shape index (κ3) is 3.05. The zero-order valence-corrected chi connectivity index (χ0v) is 15.3. The van der Waals surface area contributed by atoms with Crippen LogP contribution >= 0.6 is 0 Å². The number of halogens is 1. The van der Waals surface area contributed by atoms with Crippen LogP contribution < -0.4 is 4.74 Å². The number of carbonyl (C=O) groups is 1. The zero-order valence-electron chi connectivity index (χ0n) is 15.3. The molecule has 2 aromatic carbocycles. The van der Waals surface area contributed by atoms with Gasteiger partial charge in [-0.05, 0) is 35.7 Å². The average molecular weight is 377 g/mol. The van der Waals surface area contributed by atoms with Crippen molar-refractivity contribution in [2.75, 3.05) is 6.61 Å². The first-order chi connectivity index (χ1) is 13.7. The SMILES string of the molecule is O=C([C@H]1COc2ccccc2C1)N1Cc2cnn(Cc3ccc(F)cc3)c2C1. The van der Waals surface area contributed by atoms with E-state index in [9.17, 15) is 9.18 Å². The number of rotatable bonds is 3. The summed E-state index contributed by atoms with van der Waals surface area (Å²) >= 11 is 0. The number of carbonyl (C=O) groups excluding carboxylic acids is 1. The van der Waals surface area contributed by atoms with Crippen molar-refractivity contribution in [1.82, 2.24) is 14.7 Å². The molecular formula is C22H20FN3O2. The van der Waals surface area contributed by atoms with Crippen LogP contribution in [0.3, 0.4) is 0 Å². The minimum Gasteiger partial charge on any atom is -0.492 e. The van der Waals surface area contributed by atoms with Crippen molar-refractivity contribution in [1.29, 1.82) is 0 Å². The van der Waals surface area contributed by atoms with E-state index < -0.39 is 0 Å². The van der Waals surface area contributed by atoms with Gasteiger partial charge >= 0.3 is 0 Å². The Balaban J connectivity index is 1.29. The fourth-order valence-electron chi connectivity index (χ4n) is 4.01. The van der Waals surface area contributed by atoms with E-state index in [2.05, 4.69) is 5.10 Å². The molecule has 6 heteroatoms. The van der Waals surface area contributed by atoms with E-state index in [-0.39, 0.29) is 17.6 Å². The molecule has 5 nitrogen and oxygen atoms in total. The molecule has 0 spiro atoms. The Morgan fingerprint density at radius 1 is 1.11 bits per heavy atom. The van der Waals surface area contributed by atoms with Crippen LogP contribution in [0.2, 0.25) is 0 Å². The van der Waals surface area contributed by atoms with Crippen molar-refractivity contribution in [3.63, 3.8) is 0 Å². The summed E-state index contributed by atoms with van der Waals surface area (Å²) in [5.41, 5.74) is 4.20. The van der Waals surface area contributed by atoms with E-state index in [1.165, 1.54) is 12.1 Å². The maximum absolute atomic E-state index is 13.1. The predicted octanol–water partition coefficient (Wildman–Crippen LogP) is 3.16. The molecule has 0 unspecified atom stereocenters. The minimum absolute atomic E-state index is 0.124. The lowest BCUT2D eigenvalue weighted by molar-refractivity contribution is -0.137. The van der Waals surface area contributed by atoms with Gasteiger partial charge in [0.25, 0.3) is 0 Å². The van der Waals surface area contributed by atoms with Crippen molar-refractivity contribution >= 4 is 5.91 Å². The van der Waals surface area contributed by atoms with E-state index in [4.69, 9.17) is 4.74 Å². The quantitative estimate of drug-likeness (QED) is 0.704. The molecule has 0 aliphatic carbocycles. The molecule has 1 amide bonds. The van der Waals surface area contributed by atoms with Crippen LogP contribution in [0.1, 0.15) is 22.4 Å². The van der Waals surface area contributed by atoms with Crippen molar-refractivity contribution in [3.8, 4) is 5.75 Å². The first kappa shape index (κ1) is 17.0. The molecule has 2 aliphatic rings. The second kappa shape index (κ2) is 6.78. The number of amides is 1. The van der Waals surface area contributed by atoms with Crippen molar-refractivity contribution in [2.24, 2.45) is 5.92 Å². The van der Waals surface area contributed by atoms with Gasteiger partial charge in [-0.2, -0.15) is 5.10 Å². The Morgan fingerprint density at radius 3 is 2.79 bits per heavy atom. The fourth-order valence-corrected chi connectivity index (χ4v) is 4.01. The number of benzene rings is 2. The molecule has 0 N–H and O–H groups in total. The van der Waals surface area contributed by atoms with E-state index in [1.54, 1.807) is 12.1 Å². The van der Waals surface area contributed by atoms with Crippen LogP contribution in [0.5, 0.6) is 5.75 Å². The van der Waals surface area contributed by atoms with Crippen LogP contribution in [0.25, 0.3) is 0 Å². The number of hydrogen-bond acceptors (Lipinski definition) is 3. The standard InChI is InChI=1S/C22H20FN3O2/c23-19-7-5-15(6-8-19)11-26-20-13-25(12-18(20)10-24-26)22(27)17-9-16-3-1-2-4-21(16)28-14-17/h1-8,10,17H,9,11-14H2/t17-/m1/s1. The Bertz CT molecular complexity index is 1030. The highest BCUT2D eigenvalue weighted by Gasteiger charge is 2.34. The van der Waals surface area contributed by atoms with Crippen LogP contribution in [-0.2, 0) is 30.8 Å². The Labute approximate surface area is 162 Å². The van der Waals surface area contributed by atoms with Crippen molar-refractivity contribution in [2.45, 2.75) is 26.1 Å². The number of aromatic nitrogens is 2. The van der Waals surface area contributed by atoms with Crippen LogP contribution in [0.4, 0.5) is 4.39 Å². The first-order valence-electron chi connectivity index (χ1n) is 9.45. The molecule has 0 fully saturated rings. The summed E-state index contributed by atoms with van der Waals surface area (Å²) in [4.78, 5) is 14.9. The van der Waals surface area contributed by atoms with Crippen LogP contribution in [0, 0.1) is 11.7 Å². The Kier molecular flexibility index (Phi) is 4.11. The molecule has 28 heavy (non-hydrogen) atoms. The molecule has 0 radical (unpaired) electrons. The molecule has 3 heterocycles. The van der Waals surface area contributed by atoms with E-state index in [1.807, 2.05) is 40.0 Å². The highest BCUT2D eigenvalue weighted by atomic mass is 19.1. The Morgan fingerprint density at radius 2 is 1.93 bits per heavy atom. The van der Waals surface area contributed by atoms with Gasteiger partial charge in [0.2, 0.25) is 5.91 Å². The van der Waals surface area contributed by atoms with Gasteiger partial charge in [-0.3, -0.25) is 9.48 Å². The molecule has 0 saturated heterocycles. The van der Waals surface area contributed by atoms with Gasteiger partial charge in [0, 0.05) is 12.1 Å². The maximum atomic E-state index is 13.1. The summed E-state index contributed by atoms with van der Waals surface area (Å²) in [5, 5.41) is 4.45. The number of nitrogens with zero attached hydrogens (tertiary/aromatic N) is 3. The third-order valence-corrected chi connectivity index (χ3v) is 5.52. The summed E-state index contributed by atoms with van der Waals surface area (Å²) in [5.74, 6) is 0.602. The first-order valence-corrected chi connectivity index (χ1v) is 9.45. The molecule has 2 aliphatic heterocycles. The minimum atomic E-state index is -0.248. The molecule has 0 bridgehead atoms. The Hall–Kier alpha value is -3.15. The van der Waals surface area contributed by atoms with E-state index in [0.717, 1.165) is 28.1 Å². The van der Waals surface area contributed by atoms with Gasteiger partial charge in [0.05, 0.1) is 30.9 Å². The smallest absolute Gasteiger partial charge is 0.230 e. The topological polar surface area (TPSA) is 47.4 Å². The molecule has 5 rings (SSSR count). The van der Waals surface area contributed by atoms with Gasteiger partial charge in [-0.1, -0.05) is 30.3 Å². The highest BCUT2D eigenvalue weighted by molar-refractivity contribution is 5.80. The molecular weight excluding hydrogens is 357 g/mol. The second-order valence-corrected chi connectivity index (χ2v) is 7.41. The highest BCUT2D eigenvalue weighted by Crippen LogP contribution is 2.30. The maximum Gasteiger partial charge on any atom is 0.230 e. The third-order valence-electron chi connectivity index (χ3n) is 5.52. The molecule has 3 aromatic rings. The monoisotopic (exact) mass is 377 g/mol. The van der Waals surface area contributed by atoms with Gasteiger partial charge in [-0.15, -0.1) is 0 Å². The number of fused-ring (bicyclic) bond motifs is 2. The molecule has 142 valence electrons.